The van der Waals surface area contributed by atoms with Crippen LogP contribution in [-0.2, 0) is 33.4 Å². The molecular weight excluding hydrogens is 570 g/mol. The van der Waals surface area contributed by atoms with Crippen LogP contribution in [0.5, 0.6) is 0 Å². The molecule has 12 heteroatoms. The van der Waals surface area contributed by atoms with Crippen molar-refractivity contribution in [3.8, 4) is 0 Å². The molecular formula is C32H39N3O9. The number of allylic oxidation sites excluding steroid dienone is 2. The van der Waals surface area contributed by atoms with Crippen molar-refractivity contribution in [2.24, 2.45) is 11.8 Å². The Labute approximate surface area is 256 Å². The lowest BCUT2D eigenvalue weighted by Gasteiger charge is -2.27. The van der Waals surface area contributed by atoms with Crippen LogP contribution in [0.4, 0.5) is 0 Å². The Hall–Kier alpha value is -4.74. The van der Waals surface area contributed by atoms with E-state index in [9.17, 15) is 24.0 Å². The summed E-state index contributed by atoms with van der Waals surface area (Å²) in [6.45, 7) is 10.4. The maximum absolute atomic E-state index is 13.4. The van der Waals surface area contributed by atoms with Gasteiger partial charge < -0.3 is 28.8 Å². The molecule has 0 radical (unpaired) electrons. The molecule has 2 bridgehead atoms. The zero-order valence-electron chi connectivity index (χ0n) is 25.8. The predicted octanol–water partition coefficient (Wildman–Crippen LogP) is 4.02. The molecule has 1 aromatic rings. The lowest BCUT2D eigenvalue weighted by molar-refractivity contribution is -0.150. The Morgan fingerprint density at radius 3 is 2.57 bits per heavy atom. The van der Waals surface area contributed by atoms with Crippen molar-refractivity contribution in [1.29, 1.82) is 0 Å². The van der Waals surface area contributed by atoms with E-state index in [2.05, 4.69) is 10.3 Å². The number of carbonyl (C=O) groups is 5. The van der Waals surface area contributed by atoms with Gasteiger partial charge in [0, 0.05) is 45.4 Å². The third-order valence-electron chi connectivity index (χ3n) is 6.65. The molecule has 12 nitrogen and oxygen atoms in total. The van der Waals surface area contributed by atoms with E-state index >= 15 is 0 Å². The fraction of sp³-hybridized carbons (Fsp3) is 0.438. The summed E-state index contributed by atoms with van der Waals surface area (Å²) in [6.07, 6.45) is 11.3. The zero-order chi connectivity index (χ0) is 32.4. The number of hydrogen-bond donors (Lipinski definition) is 1. The number of rotatable bonds is 3. The van der Waals surface area contributed by atoms with Gasteiger partial charge in [-0.1, -0.05) is 50.6 Å². The highest BCUT2D eigenvalue weighted by Gasteiger charge is 2.33. The van der Waals surface area contributed by atoms with Crippen molar-refractivity contribution in [2.75, 3.05) is 13.1 Å². The first kappa shape index (κ1) is 33.8. The van der Waals surface area contributed by atoms with Gasteiger partial charge in [0.15, 0.2) is 5.69 Å². The molecule has 0 aromatic carbocycles. The summed E-state index contributed by atoms with van der Waals surface area (Å²) in [6, 6.07) is 0. The number of oxazole rings is 1. The van der Waals surface area contributed by atoms with E-state index in [-0.39, 0.29) is 60.3 Å². The van der Waals surface area contributed by atoms with Crippen molar-refractivity contribution < 1.29 is 42.6 Å². The van der Waals surface area contributed by atoms with Gasteiger partial charge in [-0.3, -0.25) is 19.2 Å². The minimum Gasteiger partial charge on any atom is -0.458 e. The Balaban J connectivity index is 2.01. The topological polar surface area (TPSA) is 154 Å². The van der Waals surface area contributed by atoms with Crippen LogP contribution >= 0.6 is 0 Å². The van der Waals surface area contributed by atoms with Crippen LogP contribution in [0.25, 0.3) is 6.08 Å². The molecule has 0 saturated heterocycles. The van der Waals surface area contributed by atoms with Gasteiger partial charge in [-0.05, 0) is 31.4 Å². The van der Waals surface area contributed by atoms with Crippen LogP contribution in [0.1, 0.15) is 70.8 Å². The maximum Gasteiger partial charge on any atom is 0.355 e. The van der Waals surface area contributed by atoms with Gasteiger partial charge in [0.2, 0.25) is 11.8 Å². The number of fused-ring (bicyclic) bond motifs is 3. The highest BCUT2D eigenvalue weighted by molar-refractivity contribution is 6.00. The van der Waals surface area contributed by atoms with E-state index in [1.54, 1.807) is 37.3 Å². The third kappa shape index (κ3) is 9.92. The highest BCUT2D eigenvalue weighted by atomic mass is 16.6. The second-order valence-corrected chi connectivity index (χ2v) is 10.9. The minimum atomic E-state index is -0.823. The Morgan fingerprint density at radius 1 is 1.14 bits per heavy atom. The van der Waals surface area contributed by atoms with Crippen LogP contribution in [0.3, 0.4) is 0 Å². The number of aromatic nitrogens is 1. The first-order chi connectivity index (χ1) is 20.8. The molecule has 236 valence electrons. The second-order valence-electron chi connectivity index (χ2n) is 10.9. The van der Waals surface area contributed by atoms with Crippen molar-refractivity contribution in [1.82, 2.24) is 15.2 Å². The molecule has 0 saturated carbocycles. The minimum absolute atomic E-state index is 0.0336. The van der Waals surface area contributed by atoms with E-state index in [1.165, 1.54) is 30.9 Å². The quantitative estimate of drug-likeness (QED) is 0.392. The Bertz CT molecular complexity index is 1410. The molecule has 2 aliphatic heterocycles. The number of nitrogens with zero attached hydrogens (tertiary/aromatic N) is 2. The summed E-state index contributed by atoms with van der Waals surface area (Å²) in [5, 5.41) is 2.76. The fourth-order valence-corrected chi connectivity index (χ4v) is 4.75. The van der Waals surface area contributed by atoms with E-state index in [0.29, 0.717) is 6.42 Å². The molecule has 1 aromatic heterocycles. The van der Waals surface area contributed by atoms with Crippen molar-refractivity contribution in [3.05, 3.63) is 71.3 Å². The third-order valence-corrected chi connectivity index (χ3v) is 6.65. The van der Waals surface area contributed by atoms with Crippen LogP contribution < -0.4 is 5.32 Å². The molecule has 0 spiro atoms. The summed E-state index contributed by atoms with van der Waals surface area (Å²) in [5.74, 6) is -3.07. The number of ether oxygens (including phenoxy) is 3. The highest BCUT2D eigenvalue weighted by Crippen LogP contribution is 2.25. The summed E-state index contributed by atoms with van der Waals surface area (Å²) < 4.78 is 22.1. The van der Waals surface area contributed by atoms with Gasteiger partial charge in [0.05, 0.1) is 0 Å². The lowest BCUT2D eigenvalue weighted by atomic mass is 9.94. The summed E-state index contributed by atoms with van der Waals surface area (Å²) in [5.41, 5.74) is 0.736. The number of esters is 3. The van der Waals surface area contributed by atoms with Crippen molar-refractivity contribution in [2.45, 2.75) is 66.6 Å². The molecule has 3 atom stereocenters. The van der Waals surface area contributed by atoms with Gasteiger partial charge in [0.25, 0.3) is 5.91 Å². The van der Waals surface area contributed by atoms with Crippen LogP contribution in [-0.4, -0.2) is 64.9 Å². The molecule has 0 aliphatic carbocycles. The summed E-state index contributed by atoms with van der Waals surface area (Å²) in [7, 11) is 0. The van der Waals surface area contributed by atoms with Gasteiger partial charge in [-0.25, -0.2) is 9.78 Å². The molecule has 2 amide bonds. The SMILES string of the molecule is CC(=O)O/C1=C\c2nc(co2)C(=O)N2CCC=C2C(=O)O[C@H](C(C)C)[C@H](C)/C=C/C(=O)NC/C=C/C(C)=C/[C@@H](OC(C)=O)C1. The second kappa shape index (κ2) is 15.6. The maximum atomic E-state index is 13.4. The van der Waals surface area contributed by atoms with E-state index in [0.717, 1.165) is 11.8 Å². The normalized spacial score (nSPS) is 26.2. The monoisotopic (exact) mass is 609 g/mol. The first-order valence-electron chi connectivity index (χ1n) is 14.4. The zero-order valence-corrected chi connectivity index (χ0v) is 25.8. The molecule has 3 rings (SSSR count). The summed E-state index contributed by atoms with van der Waals surface area (Å²) >= 11 is 0. The Morgan fingerprint density at radius 2 is 1.89 bits per heavy atom. The van der Waals surface area contributed by atoms with Crippen molar-refractivity contribution in [3.63, 3.8) is 0 Å². The van der Waals surface area contributed by atoms with Gasteiger partial charge in [0.1, 0.15) is 29.9 Å². The lowest BCUT2D eigenvalue weighted by Crippen LogP contribution is -2.36. The van der Waals surface area contributed by atoms with E-state index < -0.39 is 36.0 Å². The molecule has 1 N–H and O–H groups in total. The summed E-state index contributed by atoms with van der Waals surface area (Å²) in [4.78, 5) is 68.3. The molecule has 0 fully saturated rings. The average Bonchev–Trinajstić information content (AvgIpc) is 3.61. The molecule has 2 aliphatic rings. The van der Waals surface area contributed by atoms with E-state index in [4.69, 9.17) is 18.6 Å². The fourth-order valence-electron chi connectivity index (χ4n) is 4.75. The standard InChI is InChI=1S/C32H39N3O9/c1-19(2)30-21(4)11-12-28(38)33-13-7-9-20(3)15-24(42-22(5)36)16-25(43-23(6)37)17-29-34-26(18-41-29)31(39)35-14-8-10-27(35)32(40)44-30/h7,9-12,15,17-19,21,24,30H,8,13-14,16H2,1-6H3,(H,33,38)/b9-7+,12-11+,20-15+,25-17-/t21-,24-,30-/m1/s1. The number of nitrogens with one attached hydrogen (secondary N) is 1. The smallest absolute Gasteiger partial charge is 0.355 e. The first-order valence-corrected chi connectivity index (χ1v) is 14.4. The number of hydrogen-bond acceptors (Lipinski definition) is 10. The van der Waals surface area contributed by atoms with Gasteiger partial charge >= 0.3 is 17.9 Å². The van der Waals surface area contributed by atoms with Crippen LogP contribution in [0.2, 0.25) is 0 Å². The van der Waals surface area contributed by atoms with E-state index in [1.807, 2.05) is 20.8 Å². The number of carbonyl (C=O) groups excluding carboxylic acids is 5. The Kier molecular flexibility index (Phi) is 12.0. The number of amides is 2. The van der Waals surface area contributed by atoms with Gasteiger partial charge in [-0.2, -0.15) is 0 Å². The van der Waals surface area contributed by atoms with Crippen LogP contribution in [0.15, 0.2) is 64.2 Å². The molecule has 44 heavy (non-hydrogen) atoms. The molecule has 3 heterocycles. The largest absolute Gasteiger partial charge is 0.458 e. The van der Waals surface area contributed by atoms with Crippen LogP contribution in [0, 0.1) is 11.8 Å². The number of cyclic esters (lactones) is 1. The molecule has 0 unspecified atom stereocenters. The van der Waals surface area contributed by atoms with Gasteiger partial charge in [-0.15, -0.1) is 0 Å². The van der Waals surface area contributed by atoms with Crippen molar-refractivity contribution >= 4 is 35.8 Å². The predicted molar refractivity (Wildman–Crippen MR) is 159 cm³/mol. The average molecular weight is 610 g/mol.